The number of amides is 1. The van der Waals surface area contributed by atoms with Crippen LogP contribution in [0.25, 0.3) is 11.1 Å². The Balaban J connectivity index is 1.73. The minimum atomic E-state index is -0.205. The number of halogens is 1. The van der Waals surface area contributed by atoms with Gasteiger partial charge in [-0.15, -0.1) is 0 Å². The lowest BCUT2D eigenvalue weighted by atomic mass is 10.0. The fourth-order valence-electron chi connectivity index (χ4n) is 2.51. The number of aryl methyl sites for hydroxylation is 1. The molecule has 0 bridgehead atoms. The maximum atomic E-state index is 12.2. The molecule has 0 fully saturated rings. The summed E-state index contributed by atoms with van der Waals surface area (Å²) in [5.74, 6) is 0.416. The molecule has 25 heavy (non-hydrogen) atoms. The second-order valence-corrected chi connectivity index (χ2v) is 6.09. The molecular formula is C21H18ClNO2. The molecule has 3 rings (SSSR count). The summed E-state index contributed by atoms with van der Waals surface area (Å²) in [6.45, 7) is 1.87. The largest absolute Gasteiger partial charge is 0.483 e. The van der Waals surface area contributed by atoms with Gasteiger partial charge in [-0.05, 0) is 42.3 Å². The molecule has 0 aliphatic rings. The van der Waals surface area contributed by atoms with Crippen LogP contribution in [0.4, 0.5) is 5.69 Å². The van der Waals surface area contributed by atoms with Crippen molar-refractivity contribution < 1.29 is 9.53 Å². The van der Waals surface area contributed by atoms with Crippen LogP contribution in [0.3, 0.4) is 0 Å². The van der Waals surface area contributed by atoms with Crippen LogP contribution in [-0.4, -0.2) is 12.5 Å². The number of nitrogens with one attached hydrogen (secondary N) is 1. The van der Waals surface area contributed by atoms with Crippen molar-refractivity contribution >= 4 is 23.2 Å². The second kappa shape index (κ2) is 7.86. The molecule has 0 spiro atoms. The molecule has 0 aliphatic heterocycles. The molecular weight excluding hydrogens is 334 g/mol. The van der Waals surface area contributed by atoms with Crippen LogP contribution in [0.15, 0.2) is 72.8 Å². The van der Waals surface area contributed by atoms with Gasteiger partial charge in [-0.2, -0.15) is 0 Å². The van der Waals surface area contributed by atoms with Crippen molar-refractivity contribution in [2.45, 2.75) is 6.92 Å². The number of anilines is 1. The smallest absolute Gasteiger partial charge is 0.262 e. The lowest BCUT2D eigenvalue weighted by Crippen LogP contribution is -2.20. The molecule has 0 atom stereocenters. The predicted octanol–water partition coefficient (Wildman–Crippen LogP) is 5.33. The van der Waals surface area contributed by atoms with Gasteiger partial charge in [0, 0.05) is 16.3 Å². The summed E-state index contributed by atoms with van der Waals surface area (Å²) < 4.78 is 5.75. The molecule has 3 nitrogen and oxygen atoms in total. The van der Waals surface area contributed by atoms with E-state index in [2.05, 4.69) is 5.32 Å². The first kappa shape index (κ1) is 17.1. The minimum absolute atomic E-state index is 0.0736. The van der Waals surface area contributed by atoms with Crippen molar-refractivity contribution in [1.82, 2.24) is 0 Å². The summed E-state index contributed by atoms with van der Waals surface area (Å²) in [6, 6.07) is 22.8. The Kier molecular flexibility index (Phi) is 5.36. The molecule has 3 aromatic rings. The van der Waals surface area contributed by atoms with Crippen LogP contribution in [0, 0.1) is 6.92 Å². The van der Waals surface area contributed by atoms with E-state index in [-0.39, 0.29) is 12.5 Å². The standard InChI is InChI=1S/C21H18ClNO2/c1-15-7-5-6-10-19(15)23-21(24)14-25-20-12-11-17(22)13-18(20)16-8-3-2-4-9-16/h2-13H,14H2,1H3,(H,23,24). The summed E-state index contributed by atoms with van der Waals surface area (Å²) >= 11 is 6.12. The fourth-order valence-corrected chi connectivity index (χ4v) is 2.69. The first-order chi connectivity index (χ1) is 12.1. The van der Waals surface area contributed by atoms with Crippen molar-refractivity contribution in [3.63, 3.8) is 0 Å². The molecule has 0 unspecified atom stereocenters. The Bertz CT molecular complexity index is 878. The van der Waals surface area contributed by atoms with E-state index in [1.807, 2.05) is 67.6 Å². The average molecular weight is 352 g/mol. The van der Waals surface area contributed by atoms with Gasteiger partial charge >= 0.3 is 0 Å². The Morgan fingerprint density at radius 2 is 1.72 bits per heavy atom. The Morgan fingerprint density at radius 3 is 2.48 bits per heavy atom. The van der Waals surface area contributed by atoms with Gasteiger partial charge in [0.1, 0.15) is 5.75 Å². The maximum Gasteiger partial charge on any atom is 0.262 e. The summed E-state index contributed by atoms with van der Waals surface area (Å²) in [4.78, 5) is 12.2. The van der Waals surface area contributed by atoms with Crippen LogP contribution in [0.1, 0.15) is 5.56 Å². The van der Waals surface area contributed by atoms with E-state index in [0.717, 1.165) is 22.4 Å². The summed E-state index contributed by atoms with van der Waals surface area (Å²) in [7, 11) is 0. The second-order valence-electron chi connectivity index (χ2n) is 5.66. The van der Waals surface area contributed by atoms with Gasteiger partial charge in [-0.25, -0.2) is 0 Å². The van der Waals surface area contributed by atoms with Crippen LogP contribution >= 0.6 is 11.6 Å². The summed E-state index contributed by atoms with van der Waals surface area (Å²) in [5, 5.41) is 3.48. The van der Waals surface area contributed by atoms with Crippen molar-refractivity contribution in [2.24, 2.45) is 0 Å². The summed E-state index contributed by atoms with van der Waals surface area (Å²) in [6.07, 6.45) is 0. The Morgan fingerprint density at radius 1 is 1.00 bits per heavy atom. The lowest BCUT2D eigenvalue weighted by Gasteiger charge is -2.13. The van der Waals surface area contributed by atoms with Gasteiger partial charge in [0.15, 0.2) is 6.61 Å². The number of ether oxygens (including phenoxy) is 1. The number of para-hydroxylation sites is 1. The number of hydrogen-bond acceptors (Lipinski definition) is 2. The van der Waals surface area contributed by atoms with Crippen LogP contribution in [0.2, 0.25) is 5.02 Å². The quantitative estimate of drug-likeness (QED) is 0.674. The molecule has 3 aromatic carbocycles. The van der Waals surface area contributed by atoms with Gasteiger partial charge in [0.25, 0.3) is 5.91 Å². The molecule has 0 aliphatic carbocycles. The zero-order valence-corrected chi connectivity index (χ0v) is 14.6. The SMILES string of the molecule is Cc1ccccc1NC(=O)COc1ccc(Cl)cc1-c1ccccc1. The highest BCUT2D eigenvalue weighted by atomic mass is 35.5. The Labute approximate surface area is 152 Å². The summed E-state index contributed by atoms with van der Waals surface area (Å²) in [5.41, 5.74) is 3.64. The van der Waals surface area contributed by atoms with Crippen molar-refractivity contribution in [3.8, 4) is 16.9 Å². The van der Waals surface area contributed by atoms with E-state index in [9.17, 15) is 4.79 Å². The zero-order chi connectivity index (χ0) is 17.6. The van der Waals surface area contributed by atoms with E-state index in [0.29, 0.717) is 10.8 Å². The van der Waals surface area contributed by atoms with Gasteiger partial charge in [0.05, 0.1) is 0 Å². The highest BCUT2D eigenvalue weighted by Crippen LogP contribution is 2.32. The third kappa shape index (κ3) is 4.40. The predicted molar refractivity (Wildman–Crippen MR) is 102 cm³/mol. The molecule has 0 saturated heterocycles. The van der Waals surface area contributed by atoms with Crippen molar-refractivity contribution in [1.29, 1.82) is 0 Å². The van der Waals surface area contributed by atoms with Gasteiger partial charge in [-0.1, -0.05) is 60.1 Å². The minimum Gasteiger partial charge on any atom is -0.483 e. The molecule has 126 valence electrons. The first-order valence-corrected chi connectivity index (χ1v) is 8.34. The monoisotopic (exact) mass is 351 g/mol. The molecule has 0 saturated carbocycles. The van der Waals surface area contributed by atoms with Crippen LogP contribution in [0.5, 0.6) is 5.75 Å². The first-order valence-electron chi connectivity index (χ1n) is 7.97. The molecule has 1 amide bonds. The van der Waals surface area contributed by atoms with Crippen LogP contribution < -0.4 is 10.1 Å². The zero-order valence-electron chi connectivity index (χ0n) is 13.8. The van der Waals surface area contributed by atoms with Crippen LogP contribution in [-0.2, 0) is 4.79 Å². The third-order valence-electron chi connectivity index (χ3n) is 3.80. The van der Waals surface area contributed by atoms with Gasteiger partial charge < -0.3 is 10.1 Å². The van der Waals surface area contributed by atoms with Gasteiger partial charge in [0.2, 0.25) is 0 Å². The topological polar surface area (TPSA) is 38.3 Å². The highest BCUT2D eigenvalue weighted by molar-refractivity contribution is 6.31. The number of carbonyl (C=O) groups is 1. The van der Waals surface area contributed by atoms with E-state index >= 15 is 0 Å². The van der Waals surface area contributed by atoms with Crippen molar-refractivity contribution in [2.75, 3.05) is 11.9 Å². The third-order valence-corrected chi connectivity index (χ3v) is 4.04. The highest BCUT2D eigenvalue weighted by Gasteiger charge is 2.10. The fraction of sp³-hybridized carbons (Fsp3) is 0.0952. The number of benzene rings is 3. The molecule has 1 N–H and O–H groups in total. The number of rotatable bonds is 5. The van der Waals surface area contributed by atoms with Gasteiger partial charge in [-0.3, -0.25) is 4.79 Å². The molecule has 0 radical (unpaired) electrons. The Hall–Kier alpha value is -2.78. The molecule has 0 aromatic heterocycles. The average Bonchev–Trinajstić information content (AvgIpc) is 2.63. The maximum absolute atomic E-state index is 12.2. The van der Waals surface area contributed by atoms with Crippen molar-refractivity contribution in [3.05, 3.63) is 83.4 Å². The molecule has 4 heteroatoms. The normalized spacial score (nSPS) is 10.3. The lowest BCUT2D eigenvalue weighted by molar-refractivity contribution is -0.118. The van der Waals surface area contributed by atoms with E-state index in [1.165, 1.54) is 0 Å². The number of carbonyl (C=O) groups excluding carboxylic acids is 1. The van der Waals surface area contributed by atoms with E-state index in [1.54, 1.807) is 12.1 Å². The van der Waals surface area contributed by atoms with E-state index in [4.69, 9.17) is 16.3 Å². The number of hydrogen-bond donors (Lipinski definition) is 1. The molecule has 0 heterocycles. The van der Waals surface area contributed by atoms with E-state index < -0.39 is 0 Å².